The van der Waals surface area contributed by atoms with Gasteiger partial charge in [-0.15, -0.1) is 0 Å². The number of ether oxygens (including phenoxy) is 6. The Morgan fingerprint density at radius 1 is 1.02 bits per heavy atom. The first kappa shape index (κ1) is 41.1. The van der Waals surface area contributed by atoms with Gasteiger partial charge >= 0.3 is 12.1 Å². The number of esters is 1. The molecule has 0 saturated carbocycles. The van der Waals surface area contributed by atoms with Gasteiger partial charge in [0.05, 0.1) is 31.9 Å². The number of aliphatic hydroxyl groups is 2. The molecule has 296 valence electrons. The number of hydrogen-bond acceptors (Lipinski definition) is 13. The van der Waals surface area contributed by atoms with E-state index >= 15 is 0 Å². The van der Waals surface area contributed by atoms with Crippen molar-refractivity contribution in [1.29, 1.82) is 0 Å². The summed E-state index contributed by atoms with van der Waals surface area (Å²) < 4.78 is 34.9. The SMILES string of the molecule is COc1cc2cc(c1Cl)N1CC(=O)C(C)(O)C(=O)N(C)C(C)C(=O)OC(CC1=O)C1(C)OC1C(C)C1CC(O)(NC(=O)O1)C(OC)C=CC=C(C)C2OC. The first-order valence-electron chi connectivity index (χ1n) is 17.4. The lowest BCUT2D eigenvalue weighted by Gasteiger charge is -2.42. The number of carbonyl (C=O) groups excluding carboxylic acids is 5. The first-order chi connectivity index (χ1) is 25.2. The van der Waals surface area contributed by atoms with E-state index in [0.717, 1.165) is 16.7 Å². The number of fused-ring (bicyclic) bond motifs is 10. The summed E-state index contributed by atoms with van der Waals surface area (Å²) in [4.78, 5) is 70.5. The molecule has 5 rings (SSSR count). The van der Waals surface area contributed by atoms with Gasteiger partial charge in [0, 0.05) is 33.6 Å². The molecule has 16 nitrogen and oxygen atoms in total. The number of carbonyl (C=O) groups is 5. The Balaban J connectivity index is 1.74. The van der Waals surface area contributed by atoms with Gasteiger partial charge in [0.1, 0.15) is 46.8 Å². The van der Waals surface area contributed by atoms with Crippen molar-refractivity contribution in [2.75, 3.05) is 39.8 Å². The van der Waals surface area contributed by atoms with Crippen LogP contribution in [0.25, 0.3) is 0 Å². The predicted molar refractivity (Wildman–Crippen MR) is 192 cm³/mol. The zero-order chi connectivity index (χ0) is 40.1. The van der Waals surface area contributed by atoms with Crippen molar-refractivity contribution >= 4 is 46.9 Å². The number of amides is 3. The van der Waals surface area contributed by atoms with Crippen LogP contribution >= 0.6 is 11.6 Å². The monoisotopic (exact) mass is 777 g/mol. The normalized spacial score (nSPS) is 36.6. The van der Waals surface area contributed by atoms with Crippen LogP contribution in [0, 0.1) is 5.92 Å². The predicted octanol–water partition coefficient (Wildman–Crippen LogP) is 2.36. The van der Waals surface area contributed by atoms with Crippen LogP contribution in [0.2, 0.25) is 5.02 Å². The molecule has 3 saturated heterocycles. The molecule has 10 unspecified atom stereocenters. The number of methoxy groups -OCH3 is 3. The van der Waals surface area contributed by atoms with Gasteiger partial charge in [-0.2, -0.15) is 0 Å². The first-order valence-corrected chi connectivity index (χ1v) is 17.8. The molecule has 17 heteroatoms. The Hall–Kier alpha value is -4.06. The molecule has 3 amide bonds. The standard InChI is InChI=1S/C37H48ClN3O13/c1-18-11-10-12-26(50-8)37(48)16-24(52-34(46)39-37)19(2)31-36(5,54-31)27-15-28(43)41(22-13-21(30(18)51-9)14-23(49-7)29(22)38)17-25(42)35(4,47)33(45)40(6)20(3)32(44)53-27/h10-14,19-20,24,26-27,30-31,47-48H,15-17H2,1-9H3,(H,39,46). The smallest absolute Gasteiger partial charge is 0.409 e. The summed E-state index contributed by atoms with van der Waals surface area (Å²) in [6, 6.07) is 1.82. The van der Waals surface area contributed by atoms with Gasteiger partial charge < -0.3 is 48.4 Å². The van der Waals surface area contributed by atoms with Crippen molar-refractivity contribution in [2.24, 2.45) is 5.92 Å². The number of hydrogen-bond donors (Lipinski definition) is 3. The maximum absolute atomic E-state index is 14.6. The number of halogens is 1. The maximum atomic E-state index is 14.6. The van der Waals surface area contributed by atoms with E-state index in [2.05, 4.69) is 5.32 Å². The number of nitrogens with one attached hydrogen (secondary N) is 1. The molecule has 0 aliphatic carbocycles. The van der Waals surface area contributed by atoms with Gasteiger partial charge in [0.25, 0.3) is 5.91 Å². The van der Waals surface area contributed by atoms with Crippen LogP contribution in [-0.2, 0) is 42.9 Å². The lowest BCUT2D eigenvalue weighted by molar-refractivity contribution is -0.169. The van der Waals surface area contributed by atoms with Crippen molar-refractivity contribution in [3.05, 3.63) is 46.5 Å². The van der Waals surface area contributed by atoms with Gasteiger partial charge in [0.15, 0.2) is 11.5 Å². The highest BCUT2D eigenvalue weighted by Crippen LogP contribution is 2.49. The van der Waals surface area contributed by atoms with Gasteiger partial charge in [-0.05, 0) is 51.0 Å². The van der Waals surface area contributed by atoms with Crippen molar-refractivity contribution in [3.63, 3.8) is 0 Å². The molecule has 3 N–H and O–H groups in total. The molecule has 6 bridgehead atoms. The Labute approximate surface area is 318 Å². The number of epoxide rings is 1. The molecule has 0 radical (unpaired) electrons. The number of anilines is 1. The molecule has 0 spiro atoms. The van der Waals surface area contributed by atoms with E-state index < -0.39 is 102 Å². The van der Waals surface area contributed by atoms with Gasteiger partial charge in [-0.1, -0.05) is 36.8 Å². The number of ketones is 1. The second-order valence-corrected chi connectivity index (χ2v) is 15.0. The zero-order valence-electron chi connectivity index (χ0n) is 31.7. The molecular formula is C37H48ClN3O13. The highest BCUT2D eigenvalue weighted by Gasteiger charge is 2.65. The second kappa shape index (κ2) is 15.2. The minimum atomic E-state index is -2.66. The molecule has 4 heterocycles. The molecule has 1 aromatic carbocycles. The van der Waals surface area contributed by atoms with Crippen LogP contribution in [0.4, 0.5) is 10.5 Å². The number of nitrogens with zero attached hydrogens (tertiary/aromatic N) is 2. The Bertz CT molecular complexity index is 1770. The van der Waals surface area contributed by atoms with Gasteiger partial charge in [-0.25, -0.2) is 9.59 Å². The fraction of sp³-hybridized carbons (Fsp3) is 0.595. The lowest BCUT2D eigenvalue weighted by Crippen LogP contribution is -2.63. The third-order valence-corrected chi connectivity index (χ3v) is 11.4. The molecule has 4 aliphatic heterocycles. The van der Waals surface area contributed by atoms with Crippen LogP contribution in [0.5, 0.6) is 5.75 Å². The van der Waals surface area contributed by atoms with E-state index in [4.69, 9.17) is 40.0 Å². The number of rotatable bonds is 3. The van der Waals surface area contributed by atoms with E-state index in [9.17, 15) is 34.2 Å². The molecule has 0 aromatic heterocycles. The Morgan fingerprint density at radius 3 is 2.33 bits per heavy atom. The molecule has 1 aromatic rings. The summed E-state index contributed by atoms with van der Waals surface area (Å²) >= 11 is 6.86. The van der Waals surface area contributed by atoms with E-state index in [1.54, 1.807) is 45.1 Å². The van der Waals surface area contributed by atoms with E-state index in [-0.39, 0.29) is 22.9 Å². The number of likely N-dealkylation sites (N-methyl/N-ethyl adjacent to an activating group) is 1. The van der Waals surface area contributed by atoms with Crippen LogP contribution < -0.4 is 15.0 Å². The Kier molecular flexibility index (Phi) is 11.6. The maximum Gasteiger partial charge on any atom is 0.409 e. The fourth-order valence-electron chi connectivity index (χ4n) is 7.33. The molecule has 3 fully saturated rings. The summed E-state index contributed by atoms with van der Waals surface area (Å²) in [6.45, 7) is 6.65. The third kappa shape index (κ3) is 7.47. The average Bonchev–Trinajstić information content (AvgIpc) is 3.82. The van der Waals surface area contributed by atoms with Crippen LogP contribution in [0.1, 0.15) is 59.1 Å². The Morgan fingerprint density at radius 2 is 1.70 bits per heavy atom. The summed E-state index contributed by atoms with van der Waals surface area (Å²) in [5.74, 6) is -4.38. The van der Waals surface area contributed by atoms with Crippen LogP contribution in [-0.4, -0.2) is 127 Å². The number of allylic oxidation sites excluding steroid dienone is 2. The van der Waals surface area contributed by atoms with Crippen molar-refractivity contribution in [2.45, 2.75) is 101 Å². The highest BCUT2D eigenvalue weighted by molar-refractivity contribution is 6.35. The zero-order valence-corrected chi connectivity index (χ0v) is 32.5. The topological polar surface area (TPSA) is 203 Å². The molecule has 4 aliphatic rings. The minimum Gasteiger partial charge on any atom is -0.495 e. The van der Waals surface area contributed by atoms with Gasteiger partial charge in [0.2, 0.25) is 11.5 Å². The van der Waals surface area contributed by atoms with Crippen LogP contribution in [0.15, 0.2) is 35.9 Å². The largest absolute Gasteiger partial charge is 0.495 e. The molecular weight excluding hydrogens is 730 g/mol. The minimum absolute atomic E-state index is 0.0139. The summed E-state index contributed by atoms with van der Waals surface area (Å²) in [6.07, 6.45) is -1.52. The number of Topliss-reactive ketones (excluding diaryl/α,β-unsaturated/α-hetero) is 1. The third-order valence-electron chi connectivity index (χ3n) is 11.0. The van der Waals surface area contributed by atoms with E-state index in [1.807, 2.05) is 0 Å². The molecule has 54 heavy (non-hydrogen) atoms. The highest BCUT2D eigenvalue weighted by atomic mass is 35.5. The number of benzene rings is 1. The summed E-state index contributed by atoms with van der Waals surface area (Å²) in [7, 11) is 5.45. The average molecular weight is 778 g/mol. The fourth-order valence-corrected chi connectivity index (χ4v) is 7.62. The lowest BCUT2D eigenvalue weighted by atomic mass is 9.83. The van der Waals surface area contributed by atoms with Crippen molar-refractivity contribution in [3.8, 4) is 5.75 Å². The van der Waals surface area contributed by atoms with Crippen LogP contribution in [0.3, 0.4) is 0 Å². The quantitative estimate of drug-likeness (QED) is 0.230. The molecule has 10 atom stereocenters. The van der Waals surface area contributed by atoms with E-state index in [1.165, 1.54) is 41.4 Å². The second-order valence-electron chi connectivity index (χ2n) is 14.6. The van der Waals surface area contributed by atoms with E-state index in [0.29, 0.717) is 11.1 Å². The summed E-state index contributed by atoms with van der Waals surface area (Å²) in [5, 5.41) is 25.5. The summed E-state index contributed by atoms with van der Waals surface area (Å²) in [5.41, 5.74) is -4.88. The van der Waals surface area contributed by atoms with Crippen molar-refractivity contribution in [1.82, 2.24) is 10.2 Å². The number of alkyl carbamates (subject to hydrolysis) is 1. The van der Waals surface area contributed by atoms with Gasteiger partial charge in [-0.3, -0.25) is 19.7 Å². The van der Waals surface area contributed by atoms with Crippen molar-refractivity contribution < 1.29 is 62.6 Å².